The van der Waals surface area contributed by atoms with Crippen LogP contribution in [0.15, 0.2) is 40.9 Å². The number of carbonyl (C=O) groups excluding carboxylic acids is 1. The van der Waals surface area contributed by atoms with E-state index in [1.165, 1.54) is 11.8 Å². The van der Waals surface area contributed by atoms with Crippen LogP contribution in [0.2, 0.25) is 0 Å². The van der Waals surface area contributed by atoms with Crippen LogP contribution in [0.1, 0.15) is 36.5 Å². The van der Waals surface area contributed by atoms with Crippen LogP contribution in [0, 0.1) is 0 Å². The van der Waals surface area contributed by atoms with Gasteiger partial charge in [-0.25, -0.2) is 4.79 Å². The third-order valence-corrected chi connectivity index (χ3v) is 4.44. The van der Waals surface area contributed by atoms with Crippen LogP contribution in [-0.4, -0.2) is 34.2 Å². The molecule has 0 aromatic heterocycles. The van der Waals surface area contributed by atoms with E-state index >= 15 is 0 Å². The summed E-state index contributed by atoms with van der Waals surface area (Å²) in [6, 6.07) is 6.61. The molecule has 1 aliphatic carbocycles. The molecule has 0 radical (unpaired) electrons. The molecular formula is C16H19NO3S. The van der Waals surface area contributed by atoms with Crippen molar-refractivity contribution in [1.82, 2.24) is 4.90 Å². The first kappa shape index (κ1) is 15.6. The molecule has 4 nitrogen and oxygen atoms in total. The number of hydrogen-bond donors (Lipinski definition) is 1. The SMILES string of the molecule is CCN(C(=O)CSc1ccc(C(=O)O)cc1)C1=CCCC1. The molecule has 1 aromatic carbocycles. The number of carboxylic acid groups (broad SMARTS) is 1. The van der Waals surface area contributed by atoms with E-state index in [-0.39, 0.29) is 11.5 Å². The van der Waals surface area contributed by atoms with Crippen LogP contribution < -0.4 is 0 Å². The fraction of sp³-hybridized carbons (Fsp3) is 0.375. The summed E-state index contributed by atoms with van der Waals surface area (Å²) in [5.74, 6) is -0.455. The van der Waals surface area contributed by atoms with Gasteiger partial charge in [-0.05, 0) is 50.5 Å². The summed E-state index contributed by atoms with van der Waals surface area (Å²) in [6.07, 6.45) is 5.32. The number of amides is 1. The molecule has 21 heavy (non-hydrogen) atoms. The molecule has 1 aromatic rings. The maximum atomic E-state index is 12.3. The zero-order valence-electron chi connectivity index (χ0n) is 12.0. The van der Waals surface area contributed by atoms with Crippen LogP contribution in [0.5, 0.6) is 0 Å². The maximum Gasteiger partial charge on any atom is 0.335 e. The molecule has 0 saturated carbocycles. The van der Waals surface area contributed by atoms with Gasteiger partial charge in [0.1, 0.15) is 0 Å². The molecule has 0 atom stereocenters. The first-order valence-electron chi connectivity index (χ1n) is 7.07. The fourth-order valence-electron chi connectivity index (χ4n) is 2.36. The predicted octanol–water partition coefficient (Wildman–Crippen LogP) is 3.39. The molecule has 0 spiro atoms. The van der Waals surface area contributed by atoms with Crippen molar-refractivity contribution in [1.29, 1.82) is 0 Å². The summed E-state index contributed by atoms with van der Waals surface area (Å²) in [7, 11) is 0. The van der Waals surface area contributed by atoms with Gasteiger partial charge in [0.15, 0.2) is 0 Å². The Morgan fingerprint density at radius 1 is 1.29 bits per heavy atom. The predicted molar refractivity (Wildman–Crippen MR) is 83.4 cm³/mol. The minimum absolute atomic E-state index is 0.109. The van der Waals surface area contributed by atoms with E-state index in [1.54, 1.807) is 24.3 Å². The lowest BCUT2D eigenvalue weighted by Gasteiger charge is -2.22. The van der Waals surface area contributed by atoms with Crippen molar-refractivity contribution in [3.05, 3.63) is 41.6 Å². The van der Waals surface area contributed by atoms with Crippen molar-refractivity contribution < 1.29 is 14.7 Å². The maximum absolute atomic E-state index is 12.3. The number of thioether (sulfide) groups is 1. The van der Waals surface area contributed by atoms with E-state index in [2.05, 4.69) is 6.08 Å². The third-order valence-electron chi connectivity index (χ3n) is 3.44. The molecule has 0 saturated heterocycles. The molecule has 0 fully saturated rings. The number of hydrogen-bond acceptors (Lipinski definition) is 3. The van der Waals surface area contributed by atoms with E-state index in [0.29, 0.717) is 12.3 Å². The molecule has 0 heterocycles. The van der Waals surface area contributed by atoms with E-state index in [0.717, 1.165) is 29.9 Å². The number of allylic oxidation sites excluding steroid dienone is 2. The number of carbonyl (C=O) groups is 2. The Balaban J connectivity index is 1.92. The Labute approximate surface area is 128 Å². The third kappa shape index (κ3) is 4.11. The highest BCUT2D eigenvalue weighted by atomic mass is 32.2. The van der Waals surface area contributed by atoms with Gasteiger partial charge in [-0.1, -0.05) is 6.08 Å². The smallest absolute Gasteiger partial charge is 0.335 e. The van der Waals surface area contributed by atoms with Crippen molar-refractivity contribution in [2.45, 2.75) is 31.1 Å². The number of rotatable bonds is 6. The first-order valence-corrected chi connectivity index (χ1v) is 8.06. The summed E-state index contributed by atoms with van der Waals surface area (Å²) in [5, 5.41) is 8.85. The average molecular weight is 305 g/mol. The van der Waals surface area contributed by atoms with Gasteiger partial charge in [0.25, 0.3) is 0 Å². The Morgan fingerprint density at radius 3 is 2.52 bits per heavy atom. The van der Waals surface area contributed by atoms with Crippen LogP contribution in [0.25, 0.3) is 0 Å². The molecule has 5 heteroatoms. The molecule has 2 rings (SSSR count). The standard InChI is InChI=1S/C16H19NO3S/c1-2-17(13-5-3-4-6-13)15(18)11-21-14-9-7-12(8-10-14)16(19)20/h5,7-10H,2-4,6,11H2,1H3,(H,19,20). The lowest BCUT2D eigenvalue weighted by molar-refractivity contribution is -0.126. The van der Waals surface area contributed by atoms with Crippen LogP contribution in [0.3, 0.4) is 0 Å². The van der Waals surface area contributed by atoms with Crippen molar-refractivity contribution >= 4 is 23.6 Å². The summed E-state index contributed by atoms with van der Waals surface area (Å²) in [4.78, 5) is 25.8. The summed E-state index contributed by atoms with van der Waals surface area (Å²) in [5.41, 5.74) is 1.40. The monoisotopic (exact) mass is 305 g/mol. The van der Waals surface area contributed by atoms with Crippen molar-refractivity contribution in [3.8, 4) is 0 Å². The van der Waals surface area contributed by atoms with Gasteiger partial charge < -0.3 is 10.0 Å². The Bertz CT molecular complexity index is 551. The van der Waals surface area contributed by atoms with Gasteiger partial charge in [0.05, 0.1) is 11.3 Å². The Kier molecular flexibility index (Phi) is 5.44. The first-order chi connectivity index (χ1) is 10.1. The van der Waals surface area contributed by atoms with Crippen molar-refractivity contribution in [2.75, 3.05) is 12.3 Å². The highest BCUT2D eigenvalue weighted by molar-refractivity contribution is 8.00. The quantitative estimate of drug-likeness (QED) is 0.818. The van der Waals surface area contributed by atoms with E-state index in [9.17, 15) is 9.59 Å². The molecule has 112 valence electrons. The molecule has 0 unspecified atom stereocenters. The van der Waals surface area contributed by atoms with Crippen LogP contribution >= 0.6 is 11.8 Å². The summed E-state index contributed by atoms with van der Waals surface area (Å²) < 4.78 is 0. The largest absolute Gasteiger partial charge is 0.478 e. The van der Waals surface area contributed by atoms with Gasteiger partial charge in [-0.15, -0.1) is 11.8 Å². The van der Waals surface area contributed by atoms with Gasteiger partial charge in [0.2, 0.25) is 5.91 Å². The molecule has 1 aliphatic rings. The second kappa shape index (κ2) is 7.31. The highest BCUT2D eigenvalue weighted by Gasteiger charge is 2.18. The topological polar surface area (TPSA) is 57.6 Å². The van der Waals surface area contributed by atoms with Crippen LogP contribution in [-0.2, 0) is 4.79 Å². The second-order valence-electron chi connectivity index (χ2n) is 4.84. The molecular weight excluding hydrogens is 286 g/mol. The van der Waals surface area contributed by atoms with Gasteiger partial charge in [-0.2, -0.15) is 0 Å². The van der Waals surface area contributed by atoms with E-state index in [1.807, 2.05) is 11.8 Å². The normalized spacial score (nSPS) is 13.9. The summed E-state index contributed by atoms with van der Waals surface area (Å²) >= 11 is 1.44. The zero-order valence-corrected chi connectivity index (χ0v) is 12.9. The molecule has 1 amide bonds. The van der Waals surface area contributed by atoms with Gasteiger partial charge in [0, 0.05) is 17.1 Å². The van der Waals surface area contributed by atoms with Crippen molar-refractivity contribution in [3.63, 3.8) is 0 Å². The lowest BCUT2D eigenvalue weighted by Crippen LogP contribution is -2.31. The number of aromatic carboxylic acids is 1. The minimum atomic E-state index is -0.937. The zero-order chi connectivity index (χ0) is 15.2. The Morgan fingerprint density at radius 2 is 2.00 bits per heavy atom. The second-order valence-corrected chi connectivity index (χ2v) is 5.89. The molecule has 0 aliphatic heterocycles. The van der Waals surface area contributed by atoms with Gasteiger partial charge >= 0.3 is 5.97 Å². The van der Waals surface area contributed by atoms with E-state index in [4.69, 9.17) is 5.11 Å². The fourth-order valence-corrected chi connectivity index (χ4v) is 3.13. The number of benzene rings is 1. The highest BCUT2D eigenvalue weighted by Crippen LogP contribution is 2.24. The molecule has 0 bridgehead atoms. The molecule has 1 N–H and O–H groups in total. The Hall–Kier alpha value is -1.75. The lowest BCUT2D eigenvalue weighted by atomic mass is 10.2. The number of nitrogens with zero attached hydrogens (tertiary/aromatic N) is 1. The minimum Gasteiger partial charge on any atom is -0.478 e. The van der Waals surface area contributed by atoms with Crippen molar-refractivity contribution in [2.24, 2.45) is 0 Å². The van der Waals surface area contributed by atoms with Gasteiger partial charge in [-0.3, -0.25) is 4.79 Å². The summed E-state index contributed by atoms with van der Waals surface area (Å²) in [6.45, 7) is 2.69. The average Bonchev–Trinajstić information content (AvgIpc) is 3.00. The van der Waals surface area contributed by atoms with Crippen LogP contribution in [0.4, 0.5) is 0 Å². The van der Waals surface area contributed by atoms with E-state index < -0.39 is 5.97 Å². The number of carboxylic acids is 1.